The van der Waals surface area contributed by atoms with Crippen molar-refractivity contribution in [3.05, 3.63) is 48.6 Å². The van der Waals surface area contributed by atoms with E-state index >= 15 is 0 Å². The predicted octanol–water partition coefficient (Wildman–Crippen LogP) is 6.55. The lowest BCUT2D eigenvalue weighted by molar-refractivity contribution is -0.123. The normalized spacial score (nSPS) is 14.2. The SMILES string of the molecule is CC/C=C\C/C=C\C/C=C\C/C=C\CCC(=O)NC(CO)C(O)CCCCCCCCC. The van der Waals surface area contributed by atoms with Gasteiger partial charge in [-0.3, -0.25) is 4.79 Å². The van der Waals surface area contributed by atoms with Crippen molar-refractivity contribution in [2.45, 2.75) is 116 Å². The Morgan fingerprint density at radius 1 is 0.781 bits per heavy atom. The summed E-state index contributed by atoms with van der Waals surface area (Å²) >= 11 is 0. The maximum absolute atomic E-state index is 12.1. The van der Waals surface area contributed by atoms with Crippen LogP contribution in [-0.4, -0.2) is 34.9 Å². The van der Waals surface area contributed by atoms with Gasteiger partial charge in [0, 0.05) is 6.42 Å². The molecule has 4 nitrogen and oxygen atoms in total. The van der Waals surface area contributed by atoms with Crippen LogP contribution >= 0.6 is 0 Å². The van der Waals surface area contributed by atoms with Crippen LogP contribution in [0.5, 0.6) is 0 Å². The molecule has 184 valence electrons. The van der Waals surface area contributed by atoms with Crippen LogP contribution < -0.4 is 5.32 Å². The lowest BCUT2D eigenvalue weighted by Crippen LogP contribution is -2.45. The first-order valence-corrected chi connectivity index (χ1v) is 12.8. The molecule has 0 spiro atoms. The monoisotopic (exact) mass is 447 g/mol. The van der Waals surface area contributed by atoms with Crippen molar-refractivity contribution < 1.29 is 15.0 Å². The first-order valence-electron chi connectivity index (χ1n) is 12.8. The van der Waals surface area contributed by atoms with Gasteiger partial charge in [0.15, 0.2) is 0 Å². The molecule has 1 amide bonds. The minimum absolute atomic E-state index is 0.120. The van der Waals surface area contributed by atoms with Crippen LogP contribution in [0.25, 0.3) is 0 Å². The number of rotatable bonds is 21. The number of carbonyl (C=O) groups is 1. The van der Waals surface area contributed by atoms with Gasteiger partial charge in [-0.1, -0.05) is 107 Å². The molecule has 0 aliphatic heterocycles. The Balaban J connectivity index is 3.85. The summed E-state index contributed by atoms with van der Waals surface area (Å²) in [5.41, 5.74) is 0. The van der Waals surface area contributed by atoms with Crippen LogP contribution in [-0.2, 0) is 4.79 Å². The van der Waals surface area contributed by atoms with E-state index in [0.29, 0.717) is 19.3 Å². The molecule has 0 aromatic rings. The van der Waals surface area contributed by atoms with E-state index in [1.165, 1.54) is 32.1 Å². The van der Waals surface area contributed by atoms with Crippen LogP contribution in [0, 0.1) is 0 Å². The van der Waals surface area contributed by atoms with Gasteiger partial charge >= 0.3 is 0 Å². The number of aliphatic hydroxyl groups is 2. The number of amides is 1. The maximum atomic E-state index is 12.1. The number of allylic oxidation sites excluding steroid dienone is 8. The van der Waals surface area contributed by atoms with Crippen molar-refractivity contribution in [3.8, 4) is 0 Å². The average molecular weight is 448 g/mol. The summed E-state index contributed by atoms with van der Waals surface area (Å²) in [4.78, 5) is 12.1. The lowest BCUT2D eigenvalue weighted by Gasteiger charge is -2.22. The summed E-state index contributed by atoms with van der Waals surface area (Å²) < 4.78 is 0. The summed E-state index contributed by atoms with van der Waals surface area (Å²) in [5.74, 6) is -0.120. The van der Waals surface area contributed by atoms with Crippen molar-refractivity contribution in [2.24, 2.45) is 0 Å². The van der Waals surface area contributed by atoms with Crippen molar-refractivity contribution in [2.75, 3.05) is 6.61 Å². The van der Waals surface area contributed by atoms with E-state index in [1.807, 2.05) is 6.08 Å². The number of aliphatic hydroxyl groups excluding tert-OH is 2. The summed E-state index contributed by atoms with van der Waals surface area (Å²) in [6.45, 7) is 4.12. The van der Waals surface area contributed by atoms with E-state index in [-0.39, 0.29) is 12.5 Å². The van der Waals surface area contributed by atoms with Gasteiger partial charge in [-0.05, 0) is 38.5 Å². The highest BCUT2D eigenvalue weighted by Gasteiger charge is 2.19. The second-order valence-corrected chi connectivity index (χ2v) is 8.37. The molecule has 0 bridgehead atoms. The van der Waals surface area contributed by atoms with Crippen molar-refractivity contribution in [1.29, 1.82) is 0 Å². The molecule has 0 aromatic heterocycles. The largest absolute Gasteiger partial charge is 0.394 e. The molecule has 0 rings (SSSR count). The first-order chi connectivity index (χ1) is 15.7. The van der Waals surface area contributed by atoms with Gasteiger partial charge in [0.25, 0.3) is 0 Å². The molecule has 32 heavy (non-hydrogen) atoms. The van der Waals surface area contributed by atoms with E-state index in [9.17, 15) is 15.0 Å². The average Bonchev–Trinajstić information content (AvgIpc) is 2.79. The Kier molecular flexibility index (Phi) is 22.8. The van der Waals surface area contributed by atoms with Crippen LogP contribution in [0.15, 0.2) is 48.6 Å². The Hall–Kier alpha value is -1.65. The highest BCUT2D eigenvalue weighted by atomic mass is 16.3. The Labute approximate surface area is 197 Å². The topological polar surface area (TPSA) is 69.6 Å². The van der Waals surface area contributed by atoms with Gasteiger partial charge in [0.1, 0.15) is 0 Å². The third-order valence-corrected chi connectivity index (χ3v) is 5.37. The standard InChI is InChI=1S/C28H49NO3/c1-3-5-7-9-11-12-13-14-15-16-18-20-22-24-28(32)29-26(25-30)27(31)23-21-19-17-10-8-6-4-2/h5,7,11-12,14-15,18,20,26-27,30-31H,3-4,6,8-10,13,16-17,19,21-25H2,1-2H3,(H,29,32)/b7-5-,12-11-,15-14-,20-18-. The molecule has 2 unspecified atom stereocenters. The molecule has 0 saturated carbocycles. The molecule has 0 saturated heterocycles. The Morgan fingerprint density at radius 2 is 1.31 bits per heavy atom. The van der Waals surface area contributed by atoms with Gasteiger partial charge in [-0.25, -0.2) is 0 Å². The third-order valence-electron chi connectivity index (χ3n) is 5.37. The number of unbranched alkanes of at least 4 members (excludes halogenated alkanes) is 6. The van der Waals surface area contributed by atoms with Gasteiger partial charge in [0.2, 0.25) is 5.91 Å². The molecule has 0 radical (unpaired) electrons. The highest BCUT2D eigenvalue weighted by Crippen LogP contribution is 2.11. The molecule has 0 aromatic carbocycles. The zero-order chi connectivity index (χ0) is 23.7. The minimum Gasteiger partial charge on any atom is -0.394 e. The van der Waals surface area contributed by atoms with Crippen molar-refractivity contribution in [1.82, 2.24) is 5.32 Å². The zero-order valence-electron chi connectivity index (χ0n) is 20.7. The van der Waals surface area contributed by atoms with Gasteiger partial charge in [0.05, 0.1) is 18.8 Å². The summed E-state index contributed by atoms with van der Waals surface area (Å²) in [6.07, 6.45) is 30.2. The fourth-order valence-electron chi connectivity index (χ4n) is 3.37. The predicted molar refractivity (Wildman–Crippen MR) is 138 cm³/mol. The molecule has 0 aliphatic carbocycles. The molecule has 2 atom stereocenters. The smallest absolute Gasteiger partial charge is 0.220 e. The van der Waals surface area contributed by atoms with E-state index in [4.69, 9.17) is 0 Å². The summed E-state index contributed by atoms with van der Waals surface area (Å²) in [6, 6.07) is -0.569. The van der Waals surface area contributed by atoms with Gasteiger partial charge < -0.3 is 15.5 Å². The minimum atomic E-state index is -0.683. The number of hydrogen-bond donors (Lipinski definition) is 3. The maximum Gasteiger partial charge on any atom is 0.220 e. The third kappa shape index (κ3) is 20.3. The summed E-state index contributed by atoms with van der Waals surface area (Å²) in [5, 5.41) is 22.6. The van der Waals surface area contributed by atoms with Gasteiger partial charge in [-0.2, -0.15) is 0 Å². The molecule has 0 fully saturated rings. The van der Waals surface area contributed by atoms with E-state index in [2.05, 4.69) is 61.7 Å². The quantitative estimate of drug-likeness (QED) is 0.138. The van der Waals surface area contributed by atoms with E-state index in [0.717, 1.165) is 38.5 Å². The summed E-state index contributed by atoms with van der Waals surface area (Å²) in [7, 11) is 0. The fourth-order valence-corrected chi connectivity index (χ4v) is 3.37. The van der Waals surface area contributed by atoms with Crippen molar-refractivity contribution in [3.63, 3.8) is 0 Å². The fraction of sp³-hybridized carbons (Fsp3) is 0.679. The zero-order valence-corrected chi connectivity index (χ0v) is 20.7. The van der Waals surface area contributed by atoms with Gasteiger partial charge in [-0.15, -0.1) is 0 Å². The molecule has 3 N–H and O–H groups in total. The van der Waals surface area contributed by atoms with E-state index in [1.54, 1.807) is 0 Å². The number of hydrogen-bond acceptors (Lipinski definition) is 3. The number of nitrogens with one attached hydrogen (secondary N) is 1. The van der Waals surface area contributed by atoms with Crippen LogP contribution in [0.4, 0.5) is 0 Å². The first kappa shape index (κ1) is 30.4. The second-order valence-electron chi connectivity index (χ2n) is 8.37. The molecular formula is C28H49NO3. The van der Waals surface area contributed by atoms with E-state index < -0.39 is 12.1 Å². The number of carbonyl (C=O) groups excluding carboxylic acids is 1. The second kappa shape index (κ2) is 24.0. The van der Waals surface area contributed by atoms with Crippen LogP contribution in [0.3, 0.4) is 0 Å². The lowest BCUT2D eigenvalue weighted by atomic mass is 10.0. The van der Waals surface area contributed by atoms with Crippen LogP contribution in [0.1, 0.15) is 104 Å². The molecule has 0 aliphatic rings. The van der Waals surface area contributed by atoms with Crippen LogP contribution in [0.2, 0.25) is 0 Å². The molecular weight excluding hydrogens is 398 g/mol. The highest BCUT2D eigenvalue weighted by molar-refractivity contribution is 5.76. The molecule has 4 heteroatoms. The Morgan fingerprint density at radius 3 is 1.88 bits per heavy atom. The molecule has 0 heterocycles. The van der Waals surface area contributed by atoms with Crippen molar-refractivity contribution >= 4 is 5.91 Å². The Bertz CT molecular complexity index is 537.